The largest absolute Gasteiger partial charge is 0.456 e. The predicted octanol–water partition coefficient (Wildman–Crippen LogP) is 14.7. The summed E-state index contributed by atoms with van der Waals surface area (Å²) in [5.74, 6) is 0. The maximum Gasteiger partial charge on any atom is 0.137 e. The highest BCUT2D eigenvalue weighted by molar-refractivity contribution is 7.26. The molecule has 0 saturated carbocycles. The van der Waals surface area contributed by atoms with Gasteiger partial charge in [0.05, 0.1) is 11.1 Å². The molecule has 0 bridgehead atoms. The monoisotopic (exact) mass is 683 g/mol. The summed E-state index contributed by atoms with van der Waals surface area (Å²) in [5.41, 5.74) is 11.6. The normalized spacial score (nSPS) is 11.8. The van der Waals surface area contributed by atoms with Crippen molar-refractivity contribution in [3.63, 3.8) is 0 Å². The highest BCUT2D eigenvalue weighted by Crippen LogP contribution is 2.45. The second-order valence-electron chi connectivity index (χ2n) is 13.3. The third-order valence-corrected chi connectivity index (χ3v) is 11.4. The first-order valence-corrected chi connectivity index (χ1v) is 18.3. The summed E-state index contributed by atoms with van der Waals surface area (Å²) in [6.45, 7) is 0. The molecule has 0 unspecified atom stereocenters. The van der Waals surface area contributed by atoms with Crippen molar-refractivity contribution in [1.82, 2.24) is 0 Å². The predicted molar refractivity (Wildman–Crippen MR) is 219 cm³/mol. The van der Waals surface area contributed by atoms with E-state index in [1.54, 1.807) is 0 Å². The molecule has 0 aliphatic carbocycles. The summed E-state index contributed by atoms with van der Waals surface area (Å²) < 4.78 is 15.3. The van der Waals surface area contributed by atoms with Crippen molar-refractivity contribution < 1.29 is 8.83 Å². The molecular formula is C48H29NO2S. The summed E-state index contributed by atoms with van der Waals surface area (Å²) in [6, 6.07) is 62.4. The van der Waals surface area contributed by atoms with Crippen molar-refractivity contribution in [3.05, 3.63) is 176 Å². The van der Waals surface area contributed by atoms with E-state index < -0.39 is 0 Å². The Morgan fingerprint density at radius 1 is 0.365 bits per heavy atom. The van der Waals surface area contributed by atoms with E-state index in [2.05, 4.69) is 169 Å². The average molecular weight is 684 g/mol. The number of hydrogen-bond acceptors (Lipinski definition) is 4. The molecule has 11 rings (SSSR count). The minimum Gasteiger partial charge on any atom is -0.456 e. The third kappa shape index (κ3) is 4.51. The van der Waals surface area contributed by atoms with E-state index in [4.69, 9.17) is 8.83 Å². The van der Waals surface area contributed by atoms with Gasteiger partial charge in [0.15, 0.2) is 0 Å². The van der Waals surface area contributed by atoms with Crippen LogP contribution in [0.25, 0.3) is 86.3 Å². The Labute approximate surface area is 303 Å². The molecule has 0 atom stereocenters. The Balaban J connectivity index is 1.05. The molecule has 244 valence electrons. The van der Waals surface area contributed by atoms with Gasteiger partial charge in [0.25, 0.3) is 0 Å². The number of thiophene rings is 1. The first kappa shape index (κ1) is 29.1. The van der Waals surface area contributed by atoms with Crippen LogP contribution in [-0.2, 0) is 0 Å². The number of furan rings is 2. The summed E-state index contributed by atoms with van der Waals surface area (Å²) in [6.07, 6.45) is 0. The highest BCUT2D eigenvalue weighted by atomic mass is 32.1. The first-order valence-electron chi connectivity index (χ1n) is 17.5. The topological polar surface area (TPSA) is 29.5 Å². The zero-order valence-electron chi connectivity index (χ0n) is 27.9. The maximum absolute atomic E-state index is 6.62. The number of benzene rings is 8. The van der Waals surface area contributed by atoms with Gasteiger partial charge in [0.2, 0.25) is 0 Å². The van der Waals surface area contributed by atoms with Crippen LogP contribution in [0.1, 0.15) is 0 Å². The fourth-order valence-corrected chi connectivity index (χ4v) is 9.01. The number of anilines is 3. The van der Waals surface area contributed by atoms with Crippen LogP contribution in [0.2, 0.25) is 0 Å². The lowest BCUT2D eigenvalue weighted by molar-refractivity contribution is 0.668. The highest BCUT2D eigenvalue weighted by Gasteiger charge is 2.20. The summed E-state index contributed by atoms with van der Waals surface area (Å²) in [7, 11) is 0. The minimum absolute atomic E-state index is 0.868. The Kier molecular flexibility index (Phi) is 6.42. The number of nitrogens with zero attached hydrogens (tertiary/aromatic N) is 1. The van der Waals surface area contributed by atoms with Gasteiger partial charge in [-0.25, -0.2) is 0 Å². The molecule has 0 spiro atoms. The van der Waals surface area contributed by atoms with Gasteiger partial charge in [-0.15, -0.1) is 11.3 Å². The fraction of sp³-hybridized carbons (Fsp3) is 0. The molecule has 3 aromatic heterocycles. The SMILES string of the molecule is c1ccc(N(c2ccccc2)c2cccc3oc4cc(-c5ccc6sc7cccc(-c8ccc9oc%10ccccc%10c9c8)c7c6c5)ccc4c23)cc1. The lowest BCUT2D eigenvalue weighted by atomic mass is 9.96. The third-order valence-electron chi connectivity index (χ3n) is 10.3. The van der Waals surface area contributed by atoms with Crippen LogP contribution in [0.3, 0.4) is 0 Å². The van der Waals surface area contributed by atoms with Crippen molar-refractivity contribution in [2.24, 2.45) is 0 Å². The van der Waals surface area contributed by atoms with Gasteiger partial charge in [0, 0.05) is 47.7 Å². The number of hydrogen-bond donors (Lipinski definition) is 0. The zero-order chi connectivity index (χ0) is 34.2. The van der Waals surface area contributed by atoms with Gasteiger partial charge in [-0.1, -0.05) is 91.0 Å². The van der Waals surface area contributed by atoms with Crippen LogP contribution in [0.15, 0.2) is 185 Å². The van der Waals surface area contributed by atoms with Gasteiger partial charge < -0.3 is 13.7 Å². The van der Waals surface area contributed by atoms with E-state index in [0.717, 1.165) is 72.1 Å². The molecular weight excluding hydrogens is 655 g/mol. The zero-order valence-corrected chi connectivity index (χ0v) is 28.7. The van der Waals surface area contributed by atoms with Crippen LogP contribution < -0.4 is 4.90 Å². The van der Waals surface area contributed by atoms with Crippen molar-refractivity contribution in [3.8, 4) is 22.3 Å². The fourth-order valence-electron chi connectivity index (χ4n) is 7.89. The van der Waals surface area contributed by atoms with Gasteiger partial charge in [0.1, 0.15) is 22.3 Å². The lowest BCUT2D eigenvalue weighted by Crippen LogP contribution is -2.09. The molecule has 0 N–H and O–H groups in total. The van der Waals surface area contributed by atoms with Crippen LogP contribution in [0.4, 0.5) is 17.1 Å². The van der Waals surface area contributed by atoms with Gasteiger partial charge >= 0.3 is 0 Å². The molecule has 3 heterocycles. The van der Waals surface area contributed by atoms with E-state index in [1.807, 2.05) is 23.5 Å². The van der Waals surface area contributed by atoms with Crippen LogP contribution in [0.5, 0.6) is 0 Å². The molecule has 0 fully saturated rings. The van der Waals surface area contributed by atoms with Crippen LogP contribution >= 0.6 is 11.3 Å². The van der Waals surface area contributed by atoms with Gasteiger partial charge in [-0.05, 0) is 107 Å². The van der Waals surface area contributed by atoms with E-state index >= 15 is 0 Å². The summed E-state index contributed by atoms with van der Waals surface area (Å²) >= 11 is 1.85. The van der Waals surface area contributed by atoms with Crippen molar-refractivity contribution >= 4 is 92.4 Å². The number of para-hydroxylation sites is 3. The molecule has 0 saturated heterocycles. The first-order chi connectivity index (χ1) is 25.8. The van der Waals surface area contributed by atoms with Crippen LogP contribution in [0, 0.1) is 0 Å². The molecule has 0 amide bonds. The Morgan fingerprint density at radius 2 is 1.02 bits per heavy atom. The molecule has 52 heavy (non-hydrogen) atoms. The van der Waals surface area contributed by atoms with E-state index in [1.165, 1.54) is 31.3 Å². The second kappa shape index (κ2) is 11.5. The standard InChI is InChI=1S/C48H29NO2S/c1-3-11-33(12-4-1)49(34-13-5-2-6-14-34)40-17-10-19-43-48(40)37-24-21-31(29-44(37)51-43)30-23-26-45-39(27-30)47-35(16-9-20-46(47)52-45)32-22-25-42-38(28-32)36-15-7-8-18-41(36)50-42/h1-29H. The molecule has 0 radical (unpaired) electrons. The number of fused-ring (bicyclic) bond motifs is 9. The average Bonchev–Trinajstić information content (AvgIpc) is 3.89. The van der Waals surface area contributed by atoms with E-state index in [0.29, 0.717) is 0 Å². The summed E-state index contributed by atoms with van der Waals surface area (Å²) in [4.78, 5) is 2.31. The van der Waals surface area contributed by atoms with Crippen molar-refractivity contribution in [1.29, 1.82) is 0 Å². The quantitative estimate of drug-likeness (QED) is 0.181. The molecule has 3 nitrogen and oxygen atoms in total. The lowest BCUT2D eigenvalue weighted by Gasteiger charge is -2.26. The summed E-state index contributed by atoms with van der Waals surface area (Å²) in [5, 5.41) is 7.03. The van der Waals surface area contributed by atoms with Crippen LogP contribution in [-0.4, -0.2) is 0 Å². The van der Waals surface area contributed by atoms with Crippen molar-refractivity contribution in [2.75, 3.05) is 4.90 Å². The van der Waals surface area contributed by atoms with E-state index in [-0.39, 0.29) is 0 Å². The molecule has 8 aromatic carbocycles. The minimum atomic E-state index is 0.868. The smallest absolute Gasteiger partial charge is 0.137 e. The van der Waals surface area contributed by atoms with Gasteiger partial charge in [-0.3, -0.25) is 0 Å². The van der Waals surface area contributed by atoms with Crippen molar-refractivity contribution in [2.45, 2.75) is 0 Å². The molecule has 0 aliphatic rings. The Bertz CT molecular complexity index is 3090. The molecule has 0 aliphatic heterocycles. The van der Waals surface area contributed by atoms with Gasteiger partial charge in [-0.2, -0.15) is 0 Å². The number of rotatable bonds is 5. The molecule has 11 aromatic rings. The maximum atomic E-state index is 6.62. The Hall–Kier alpha value is -6.62. The Morgan fingerprint density at radius 3 is 1.87 bits per heavy atom. The molecule has 4 heteroatoms. The second-order valence-corrected chi connectivity index (χ2v) is 14.4. The van der Waals surface area contributed by atoms with E-state index in [9.17, 15) is 0 Å².